The van der Waals surface area contributed by atoms with E-state index in [-0.39, 0.29) is 4.90 Å². The van der Waals surface area contributed by atoms with Gasteiger partial charge >= 0.3 is 10.4 Å². The average molecular weight is 388 g/mol. The maximum Gasteiger partial charge on any atom is 0.397 e. The lowest BCUT2D eigenvalue weighted by Gasteiger charge is -2.08. The first-order valence-electron chi connectivity index (χ1n) is 6.96. The molecule has 0 atom stereocenters. The third-order valence-electron chi connectivity index (χ3n) is 2.91. The van der Waals surface area contributed by atoms with Gasteiger partial charge in [-0.25, -0.2) is 17.6 Å². The lowest BCUT2D eigenvalue weighted by atomic mass is 10.3. The topological polar surface area (TPSA) is 148 Å². The van der Waals surface area contributed by atoms with E-state index in [1.807, 2.05) is 0 Å². The standard InChI is InChI=1S/C13H16N4O6S2/c1-9-14-10(2)16-13(15-9)17-11-3-5-12(6-4-11)24(18,19)8-7-23-25(20,21)22/h3-6H,7-8H2,1-2H3,(H,20,21,22)(H,14,15,16,17). The van der Waals surface area contributed by atoms with Crippen molar-refractivity contribution in [3.8, 4) is 0 Å². The van der Waals surface area contributed by atoms with E-state index < -0.39 is 32.6 Å². The van der Waals surface area contributed by atoms with Gasteiger partial charge in [-0.3, -0.25) is 4.55 Å². The molecule has 0 saturated carbocycles. The Kier molecular flexibility index (Phi) is 5.67. The Morgan fingerprint density at radius 2 is 1.56 bits per heavy atom. The molecule has 0 aliphatic heterocycles. The lowest BCUT2D eigenvalue weighted by Crippen LogP contribution is -2.15. The van der Waals surface area contributed by atoms with E-state index in [1.54, 1.807) is 13.8 Å². The summed E-state index contributed by atoms with van der Waals surface area (Å²) < 4.78 is 57.5. The molecule has 12 heteroatoms. The van der Waals surface area contributed by atoms with Gasteiger partial charge in [0.05, 0.1) is 17.3 Å². The van der Waals surface area contributed by atoms with E-state index >= 15 is 0 Å². The van der Waals surface area contributed by atoms with Crippen LogP contribution in [-0.2, 0) is 24.4 Å². The van der Waals surface area contributed by atoms with Gasteiger partial charge in [-0.05, 0) is 38.1 Å². The van der Waals surface area contributed by atoms with Crippen LogP contribution in [0.4, 0.5) is 11.6 Å². The molecule has 2 aromatic rings. The van der Waals surface area contributed by atoms with Gasteiger partial charge in [0.1, 0.15) is 11.6 Å². The molecular formula is C13H16N4O6S2. The second-order valence-corrected chi connectivity index (χ2v) is 8.17. The number of aryl methyl sites for hydroxylation is 2. The molecule has 0 unspecified atom stereocenters. The summed E-state index contributed by atoms with van der Waals surface area (Å²) in [5, 5.41) is 2.93. The van der Waals surface area contributed by atoms with Crippen LogP contribution in [0.3, 0.4) is 0 Å². The molecule has 0 saturated heterocycles. The number of aromatic nitrogens is 3. The molecule has 10 nitrogen and oxygen atoms in total. The number of benzene rings is 1. The molecule has 2 rings (SSSR count). The second-order valence-electron chi connectivity index (χ2n) is 4.97. The summed E-state index contributed by atoms with van der Waals surface area (Å²) in [6.07, 6.45) is 0. The van der Waals surface area contributed by atoms with Crippen LogP contribution in [0.2, 0.25) is 0 Å². The lowest BCUT2D eigenvalue weighted by molar-refractivity contribution is 0.284. The maximum atomic E-state index is 12.1. The van der Waals surface area contributed by atoms with Crippen molar-refractivity contribution in [1.82, 2.24) is 15.0 Å². The second kappa shape index (κ2) is 7.39. The van der Waals surface area contributed by atoms with E-state index in [0.717, 1.165) is 0 Å². The van der Waals surface area contributed by atoms with Crippen molar-refractivity contribution in [1.29, 1.82) is 0 Å². The van der Waals surface area contributed by atoms with Crippen LogP contribution in [0.15, 0.2) is 29.2 Å². The molecule has 0 radical (unpaired) electrons. The molecule has 0 fully saturated rings. The minimum absolute atomic E-state index is 0.0139. The summed E-state index contributed by atoms with van der Waals surface area (Å²) in [6.45, 7) is 2.78. The van der Waals surface area contributed by atoms with Crippen LogP contribution in [-0.4, -0.2) is 48.7 Å². The highest BCUT2D eigenvalue weighted by molar-refractivity contribution is 7.91. The van der Waals surface area contributed by atoms with Gasteiger partial charge in [0, 0.05) is 5.69 Å². The van der Waals surface area contributed by atoms with Crippen molar-refractivity contribution in [2.45, 2.75) is 18.7 Å². The number of nitrogens with one attached hydrogen (secondary N) is 1. The zero-order valence-electron chi connectivity index (χ0n) is 13.4. The summed E-state index contributed by atoms with van der Waals surface area (Å²) in [5.74, 6) is 0.842. The van der Waals surface area contributed by atoms with Crippen molar-refractivity contribution in [3.05, 3.63) is 35.9 Å². The minimum atomic E-state index is -4.67. The summed E-state index contributed by atoms with van der Waals surface area (Å²) >= 11 is 0. The molecule has 0 bridgehead atoms. The zero-order chi connectivity index (χ0) is 18.7. The summed E-state index contributed by atoms with van der Waals surface area (Å²) in [5.41, 5.74) is 0.568. The molecular weight excluding hydrogens is 372 g/mol. The third-order valence-corrected chi connectivity index (χ3v) is 5.07. The number of nitrogens with zero attached hydrogens (tertiary/aromatic N) is 3. The highest BCUT2D eigenvalue weighted by Gasteiger charge is 2.16. The van der Waals surface area contributed by atoms with Crippen LogP contribution in [0.5, 0.6) is 0 Å². The smallest absolute Gasteiger partial charge is 0.324 e. The van der Waals surface area contributed by atoms with E-state index in [2.05, 4.69) is 24.5 Å². The van der Waals surface area contributed by atoms with Crippen LogP contribution >= 0.6 is 0 Å². The van der Waals surface area contributed by atoms with E-state index in [1.165, 1.54) is 24.3 Å². The van der Waals surface area contributed by atoms with Gasteiger partial charge in [-0.15, -0.1) is 0 Å². The Balaban J connectivity index is 2.08. The van der Waals surface area contributed by atoms with Gasteiger partial charge < -0.3 is 5.32 Å². The quantitative estimate of drug-likeness (QED) is 0.653. The molecule has 0 aliphatic carbocycles. The molecule has 0 aliphatic rings. The maximum absolute atomic E-state index is 12.1. The predicted octanol–water partition coefficient (Wildman–Crippen LogP) is 0.825. The number of sulfone groups is 1. The van der Waals surface area contributed by atoms with Crippen molar-refractivity contribution in [3.63, 3.8) is 0 Å². The molecule has 1 heterocycles. The first kappa shape index (κ1) is 19.2. The van der Waals surface area contributed by atoms with E-state index in [0.29, 0.717) is 23.3 Å². The van der Waals surface area contributed by atoms with Gasteiger partial charge in [-0.1, -0.05) is 0 Å². The Bertz CT molecular complexity index is 938. The SMILES string of the molecule is Cc1nc(C)nc(Nc2ccc(S(=O)(=O)CCOS(=O)(=O)O)cc2)n1. The minimum Gasteiger partial charge on any atom is -0.324 e. The Hall–Kier alpha value is -2.15. The van der Waals surface area contributed by atoms with Crippen LogP contribution in [0.25, 0.3) is 0 Å². The number of hydrogen-bond acceptors (Lipinski definition) is 9. The fourth-order valence-corrected chi connectivity index (χ4v) is 3.40. The normalized spacial score (nSPS) is 12.1. The van der Waals surface area contributed by atoms with Crippen molar-refractivity contribution >= 4 is 31.9 Å². The molecule has 1 aromatic heterocycles. The van der Waals surface area contributed by atoms with Gasteiger partial charge in [0.25, 0.3) is 0 Å². The average Bonchev–Trinajstić information content (AvgIpc) is 2.45. The number of hydrogen-bond donors (Lipinski definition) is 2. The fraction of sp³-hybridized carbons (Fsp3) is 0.308. The highest BCUT2D eigenvalue weighted by Crippen LogP contribution is 2.18. The van der Waals surface area contributed by atoms with E-state index in [4.69, 9.17) is 4.55 Å². The van der Waals surface area contributed by atoms with Gasteiger partial charge in [-0.2, -0.15) is 18.4 Å². The highest BCUT2D eigenvalue weighted by atomic mass is 32.3. The van der Waals surface area contributed by atoms with Gasteiger partial charge in [0.2, 0.25) is 5.95 Å². The van der Waals surface area contributed by atoms with Crippen molar-refractivity contribution in [2.24, 2.45) is 0 Å². The molecule has 2 N–H and O–H groups in total. The number of rotatable bonds is 7. The monoisotopic (exact) mass is 388 g/mol. The molecule has 0 amide bonds. The first-order valence-corrected chi connectivity index (χ1v) is 9.98. The number of anilines is 2. The molecule has 1 aromatic carbocycles. The van der Waals surface area contributed by atoms with Crippen LogP contribution < -0.4 is 5.32 Å². The Morgan fingerprint density at radius 1 is 1.00 bits per heavy atom. The van der Waals surface area contributed by atoms with Crippen molar-refractivity contribution < 1.29 is 25.6 Å². The Labute approximate surface area is 145 Å². The first-order chi connectivity index (χ1) is 11.5. The fourth-order valence-electron chi connectivity index (χ4n) is 1.91. The third kappa shape index (κ3) is 6.01. The van der Waals surface area contributed by atoms with Crippen molar-refractivity contribution in [2.75, 3.05) is 17.7 Å². The molecule has 25 heavy (non-hydrogen) atoms. The summed E-state index contributed by atoms with van der Waals surface area (Å²) in [7, 11) is -8.43. The predicted molar refractivity (Wildman–Crippen MR) is 88.6 cm³/mol. The van der Waals surface area contributed by atoms with Crippen LogP contribution in [0, 0.1) is 13.8 Å². The molecule has 0 spiro atoms. The van der Waals surface area contributed by atoms with Gasteiger partial charge in [0.15, 0.2) is 9.84 Å². The van der Waals surface area contributed by atoms with Crippen LogP contribution in [0.1, 0.15) is 11.6 Å². The summed E-state index contributed by atoms with van der Waals surface area (Å²) in [6, 6.07) is 5.74. The Morgan fingerprint density at radius 3 is 2.08 bits per heavy atom. The largest absolute Gasteiger partial charge is 0.397 e. The van der Waals surface area contributed by atoms with E-state index in [9.17, 15) is 16.8 Å². The summed E-state index contributed by atoms with van der Waals surface area (Å²) in [4.78, 5) is 12.3. The molecule has 136 valence electrons. The zero-order valence-corrected chi connectivity index (χ0v) is 15.0.